The molecule has 1 saturated heterocycles. The van der Waals surface area contributed by atoms with Crippen molar-refractivity contribution in [1.82, 2.24) is 9.78 Å². The standard InChI is InChI=1S/C15H13BrClF3N2O/c16-11-7-9(17)4-5-10(11)12-8-13(15(18,19)20)22(21-12)14-3-1-2-6-23-14/h4-5,7-8,14H,1-3,6H2. The van der Waals surface area contributed by atoms with Crippen LogP contribution in [0.15, 0.2) is 28.7 Å². The molecule has 3 nitrogen and oxygen atoms in total. The van der Waals surface area contributed by atoms with Crippen molar-refractivity contribution in [3.8, 4) is 11.3 Å². The first-order chi connectivity index (χ1) is 10.9. The van der Waals surface area contributed by atoms with Crippen LogP contribution in [0, 0.1) is 0 Å². The van der Waals surface area contributed by atoms with Gasteiger partial charge in [-0.05, 0) is 37.5 Å². The Morgan fingerprint density at radius 1 is 1.26 bits per heavy atom. The number of halogens is 5. The van der Waals surface area contributed by atoms with E-state index in [1.165, 1.54) is 0 Å². The lowest BCUT2D eigenvalue weighted by atomic mass is 10.1. The van der Waals surface area contributed by atoms with Crippen LogP contribution in [0.25, 0.3) is 11.3 Å². The van der Waals surface area contributed by atoms with Gasteiger partial charge in [-0.25, -0.2) is 4.68 Å². The molecule has 0 aliphatic carbocycles. The summed E-state index contributed by atoms with van der Waals surface area (Å²) in [5, 5.41) is 4.65. The van der Waals surface area contributed by atoms with E-state index in [1.54, 1.807) is 18.2 Å². The predicted octanol–water partition coefficient (Wildman–Crippen LogP) is 5.68. The van der Waals surface area contributed by atoms with Crippen LogP contribution in [0.5, 0.6) is 0 Å². The fraction of sp³-hybridized carbons (Fsp3) is 0.400. The molecule has 124 valence electrons. The molecule has 23 heavy (non-hydrogen) atoms. The van der Waals surface area contributed by atoms with Gasteiger partial charge in [-0.2, -0.15) is 18.3 Å². The highest BCUT2D eigenvalue weighted by molar-refractivity contribution is 9.10. The number of rotatable bonds is 2. The maximum Gasteiger partial charge on any atom is 0.433 e. The second-order valence-electron chi connectivity index (χ2n) is 5.30. The summed E-state index contributed by atoms with van der Waals surface area (Å²) in [4.78, 5) is 0. The zero-order valence-corrected chi connectivity index (χ0v) is 14.2. The van der Waals surface area contributed by atoms with Gasteiger partial charge in [0.2, 0.25) is 0 Å². The second-order valence-corrected chi connectivity index (χ2v) is 6.59. The van der Waals surface area contributed by atoms with Gasteiger partial charge >= 0.3 is 6.18 Å². The number of aromatic nitrogens is 2. The highest BCUT2D eigenvalue weighted by atomic mass is 79.9. The molecule has 0 bridgehead atoms. The van der Waals surface area contributed by atoms with Crippen molar-refractivity contribution in [1.29, 1.82) is 0 Å². The number of hydrogen-bond acceptors (Lipinski definition) is 2. The topological polar surface area (TPSA) is 27.1 Å². The van der Waals surface area contributed by atoms with Crippen LogP contribution in [0.4, 0.5) is 13.2 Å². The van der Waals surface area contributed by atoms with Crippen molar-refractivity contribution < 1.29 is 17.9 Å². The van der Waals surface area contributed by atoms with Gasteiger partial charge in [-0.3, -0.25) is 0 Å². The molecule has 1 aromatic heterocycles. The summed E-state index contributed by atoms with van der Waals surface area (Å²) in [5.74, 6) is 0. The van der Waals surface area contributed by atoms with E-state index < -0.39 is 18.1 Å². The minimum Gasteiger partial charge on any atom is -0.356 e. The smallest absolute Gasteiger partial charge is 0.356 e. The first-order valence-electron chi connectivity index (χ1n) is 7.10. The van der Waals surface area contributed by atoms with Crippen LogP contribution < -0.4 is 0 Å². The van der Waals surface area contributed by atoms with Gasteiger partial charge in [0.25, 0.3) is 0 Å². The van der Waals surface area contributed by atoms with E-state index in [2.05, 4.69) is 21.0 Å². The summed E-state index contributed by atoms with van der Waals surface area (Å²) in [6, 6.07) is 5.93. The van der Waals surface area contributed by atoms with Crippen molar-refractivity contribution in [2.24, 2.45) is 0 Å². The lowest BCUT2D eigenvalue weighted by molar-refractivity contribution is -0.152. The van der Waals surface area contributed by atoms with Crippen LogP contribution in [0.1, 0.15) is 31.2 Å². The number of ether oxygens (including phenoxy) is 1. The number of nitrogens with zero attached hydrogens (tertiary/aromatic N) is 2. The van der Waals surface area contributed by atoms with E-state index in [0.29, 0.717) is 28.1 Å². The molecule has 1 aromatic carbocycles. The van der Waals surface area contributed by atoms with E-state index in [4.69, 9.17) is 16.3 Å². The fourth-order valence-electron chi connectivity index (χ4n) is 2.57. The minimum absolute atomic E-state index is 0.232. The Kier molecular flexibility index (Phi) is 4.71. The third-order valence-corrected chi connectivity index (χ3v) is 4.55. The first-order valence-corrected chi connectivity index (χ1v) is 8.27. The molecule has 2 aromatic rings. The molecule has 1 aliphatic heterocycles. The van der Waals surface area contributed by atoms with E-state index in [0.717, 1.165) is 23.6 Å². The summed E-state index contributed by atoms with van der Waals surface area (Å²) >= 11 is 9.20. The second kappa shape index (κ2) is 6.45. The zero-order valence-electron chi connectivity index (χ0n) is 11.9. The lowest BCUT2D eigenvalue weighted by Crippen LogP contribution is -2.24. The van der Waals surface area contributed by atoms with Crippen molar-refractivity contribution in [3.05, 3.63) is 39.5 Å². The van der Waals surface area contributed by atoms with Crippen molar-refractivity contribution in [2.75, 3.05) is 6.61 Å². The monoisotopic (exact) mass is 408 g/mol. The maximum absolute atomic E-state index is 13.3. The molecule has 2 heterocycles. The molecule has 1 unspecified atom stereocenters. The Labute approximate surface area is 144 Å². The highest BCUT2D eigenvalue weighted by Crippen LogP contribution is 2.38. The van der Waals surface area contributed by atoms with Gasteiger partial charge in [0.1, 0.15) is 5.69 Å². The van der Waals surface area contributed by atoms with Gasteiger partial charge in [-0.15, -0.1) is 0 Å². The summed E-state index contributed by atoms with van der Waals surface area (Å²) in [5.41, 5.74) is -0.0225. The van der Waals surface area contributed by atoms with Crippen LogP contribution >= 0.6 is 27.5 Å². The van der Waals surface area contributed by atoms with Gasteiger partial charge in [0, 0.05) is 21.7 Å². The van der Waals surface area contributed by atoms with E-state index in [1.807, 2.05) is 0 Å². The fourth-order valence-corrected chi connectivity index (χ4v) is 3.46. The van der Waals surface area contributed by atoms with Crippen LogP contribution in [-0.2, 0) is 10.9 Å². The predicted molar refractivity (Wildman–Crippen MR) is 84.2 cm³/mol. The van der Waals surface area contributed by atoms with Gasteiger partial charge in [-0.1, -0.05) is 33.6 Å². The number of alkyl halides is 3. The third kappa shape index (κ3) is 3.56. The van der Waals surface area contributed by atoms with Crippen LogP contribution in [0.2, 0.25) is 5.02 Å². The summed E-state index contributed by atoms with van der Waals surface area (Å²) in [7, 11) is 0. The zero-order chi connectivity index (χ0) is 16.6. The first kappa shape index (κ1) is 16.8. The lowest BCUT2D eigenvalue weighted by Gasteiger charge is -2.24. The Morgan fingerprint density at radius 2 is 2.04 bits per heavy atom. The largest absolute Gasteiger partial charge is 0.433 e. The average Bonchev–Trinajstić information content (AvgIpc) is 2.93. The Hall–Kier alpha value is -1.05. The maximum atomic E-state index is 13.3. The van der Waals surface area contributed by atoms with Gasteiger partial charge in [0.15, 0.2) is 6.23 Å². The van der Waals surface area contributed by atoms with Crippen molar-refractivity contribution >= 4 is 27.5 Å². The molecule has 0 saturated carbocycles. The summed E-state index contributed by atoms with van der Waals surface area (Å²) < 4.78 is 47.1. The molecule has 0 radical (unpaired) electrons. The van der Waals surface area contributed by atoms with Gasteiger partial charge in [0.05, 0.1) is 5.69 Å². The van der Waals surface area contributed by atoms with Crippen LogP contribution in [0.3, 0.4) is 0 Å². The SMILES string of the molecule is FC(F)(F)c1cc(-c2ccc(Cl)cc2Br)nn1C1CCCCO1. The molecule has 1 atom stereocenters. The quantitative estimate of drug-likeness (QED) is 0.638. The van der Waals surface area contributed by atoms with Crippen molar-refractivity contribution in [2.45, 2.75) is 31.7 Å². The Morgan fingerprint density at radius 3 is 2.65 bits per heavy atom. The number of hydrogen-bond donors (Lipinski definition) is 0. The molecule has 1 aliphatic rings. The van der Waals surface area contributed by atoms with Gasteiger partial charge < -0.3 is 4.74 Å². The normalized spacial score (nSPS) is 19.1. The Bertz CT molecular complexity index is 711. The molecular weight excluding hydrogens is 397 g/mol. The average molecular weight is 410 g/mol. The molecular formula is C15H13BrClF3N2O. The van der Waals surface area contributed by atoms with E-state index >= 15 is 0 Å². The molecule has 0 amide bonds. The highest BCUT2D eigenvalue weighted by Gasteiger charge is 2.38. The van der Waals surface area contributed by atoms with E-state index in [-0.39, 0.29) is 5.69 Å². The third-order valence-electron chi connectivity index (χ3n) is 3.66. The molecule has 0 spiro atoms. The summed E-state index contributed by atoms with van der Waals surface area (Å²) in [6.45, 7) is 0.446. The van der Waals surface area contributed by atoms with Crippen molar-refractivity contribution in [3.63, 3.8) is 0 Å². The minimum atomic E-state index is -4.50. The van der Waals surface area contributed by atoms with Crippen LogP contribution in [-0.4, -0.2) is 16.4 Å². The molecule has 0 N–H and O–H groups in total. The number of benzene rings is 1. The van der Waals surface area contributed by atoms with E-state index in [9.17, 15) is 13.2 Å². The molecule has 3 rings (SSSR count). The molecule has 1 fully saturated rings. The Balaban J connectivity index is 2.07. The summed E-state index contributed by atoms with van der Waals surface area (Å²) in [6.07, 6.45) is -2.98. The molecule has 8 heteroatoms.